The maximum absolute atomic E-state index is 13.6. The van der Waals surface area contributed by atoms with E-state index in [2.05, 4.69) is 38.1 Å². The monoisotopic (exact) mass is 422 g/mol. The Hall–Kier alpha value is -2.82. The summed E-state index contributed by atoms with van der Waals surface area (Å²) >= 11 is 0. The number of likely N-dealkylation sites (tertiary alicyclic amines) is 1. The highest BCUT2D eigenvalue weighted by Gasteiger charge is 2.31. The van der Waals surface area contributed by atoms with Gasteiger partial charge in [-0.05, 0) is 54.2 Å². The van der Waals surface area contributed by atoms with Crippen molar-refractivity contribution in [3.63, 3.8) is 0 Å². The lowest BCUT2D eigenvalue weighted by Gasteiger charge is -2.35. The van der Waals surface area contributed by atoms with Crippen LogP contribution in [0.3, 0.4) is 0 Å². The molecule has 0 bridgehead atoms. The molecule has 0 saturated carbocycles. The third kappa shape index (κ3) is 5.66. The lowest BCUT2D eigenvalue weighted by molar-refractivity contribution is -0.134. The molecule has 0 aliphatic carbocycles. The number of carbonyl (C=O) groups excluding carboxylic acids is 2. The predicted octanol–water partition coefficient (Wildman–Crippen LogP) is 5.00. The fourth-order valence-electron chi connectivity index (χ4n) is 4.10. The Bertz CT molecular complexity index is 875. The first-order valence-electron chi connectivity index (χ1n) is 11.2. The van der Waals surface area contributed by atoms with Gasteiger partial charge in [0.05, 0.1) is 19.6 Å². The molecule has 2 aromatic carbocycles. The number of hydrogen-bond donors (Lipinski definition) is 0. The molecule has 2 aromatic rings. The van der Waals surface area contributed by atoms with Crippen LogP contribution in [0.25, 0.3) is 0 Å². The highest BCUT2D eigenvalue weighted by molar-refractivity contribution is 5.95. The van der Waals surface area contributed by atoms with Gasteiger partial charge in [0, 0.05) is 25.2 Å². The van der Waals surface area contributed by atoms with Crippen LogP contribution >= 0.6 is 0 Å². The average molecular weight is 423 g/mol. The number of anilines is 1. The van der Waals surface area contributed by atoms with Crippen LogP contribution in [0.2, 0.25) is 0 Å². The molecule has 0 aromatic heterocycles. The number of benzene rings is 2. The van der Waals surface area contributed by atoms with Gasteiger partial charge < -0.3 is 14.5 Å². The molecule has 5 heteroatoms. The molecule has 166 valence electrons. The quantitative estimate of drug-likeness (QED) is 0.631. The van der Waals surface area contributed by atoms with Gasteiger partial charge in [0.2, 0.25) is 11.8 Å². The van der Waals surface area contributed by atoms with E-state index < -0.39 is 0 Å². The van der Waals surface area contributed by atoms with Crippen molar-refractivity contribution in [3.05, 3.63) is 59.7 Å². The summed E-state index contributed by atoms with van der Waals surface area (Å²) in [5, 5.41) is 0. The van der Waals surface area contributed by atoms with Crippen LogP contribution in [-0.2, 0) is 16.1 Å². The Labute approximate surface area is 186 Å². The number of piperidine rings is 1. The first-order valence-corrected chi connectivity index (χ1v) is 11.2. The van der Waals surface area contributed by atoms with E-state index in [1.165, 1.54) is 5.56 Å². The van der Waals surface area contributed by atoms with Crippen LogP contribution in [0.15, 0.2) is 48.5 Å². The third-order valence-electron chi connectivity index (χ3n) is 6.06. The molecule has 5 nitrogen and oxygen atoms in total. The van der Waals surface area contributed by atoms with Crippen molar-refractivity contribution >= 4 is 17.5 Å². The largest absolute Gasteiger partial charge is 0.497 e. The van der Waals surface area contributed by atoms with Crippen molar-refractivity contribution in [2.45, 2.75) is 52.5 Å². The van der Waals surface area contributed by atoms with Crippen molar-refractivity contribution < 1.29 is 14.3 Å². The molecule has 1 atom stereocenters. The molecule has 1 fully saturated rings. The van der Waals surface area contributed by atoms with Gasteiger partial charge in [-0.3, -0.25) is 9.59 Å². The minimum Gasteiger partial charge on any atom is -0.497 e. The summed E-state index contributed by atoms with van der Waals surface area (Å²) in [5.74, 6) is 1.25. The second-order valence-corrected chi connectivity index (χ2v) is 8.55. The minimum atomic E-state index is -0.179. The summed E-state index contributed by atoms with van der Waals surface area (Å²) < 4.78 is 5.28. The molecular formula is C26H34N2O3. The van der Waals surface area contributed by atoms with Crippen LogP contribution in [-0.4, -0.2) is 36.9 Å². The van der Waals surface area contributed by atoms with Gasteiger partial charge in [-0.25, -0.2) is 0 Å². The molecule has 0 N–H and O–H groups in total. The van der Waals surface area contributed by atoms with E-state index in [4.69, 9.17) is 4.74 Å². The zero-order valence-electron chi connectivity index (χ0n) is 19.1. The number of nitrogens with zero attached hydrogens (tertiary/aromatic N) is 2. The summed E-state index contributed by atoms with van der Waals surface area (Å²) in [7, 11) is 1.63. The number of rotatable bonds is 7. The second-order valence-electron chi connectivity index (χ2n) is 8.55. The maximum atomic E-state index is 13.6. The molecule has 1 aliphatic heterocycles. The zero-order chi connectivity index (χ0) is 22.4. The topological polar surface area (TPSA) is 49.9 Å². The fraction of sp³-hybridized carbons (Fsp3) is 0.462. The first-order chi connectivity index (χ1) is 14.9. The Morgan fingerprint density at radius 3 is 2.35 bits per heavy atom. The molecule has 2 amide bonds. The fourth-order valence-corrected chi connectivity index (χ4v) is 4.10. The van der Waals surface area contributed by atoms with E-state index in [9.17, 15) is 9.59 Å². The number of amides is 2. The number of ether oxygens (including phenoxy) is 1. The predicted molar refractivity (Wildman–Crippen MR) is 124 cm³/mol. The Kier molecular flexibility index (Phi) is 7.72. The van der Waals surface area contributed by atoms with Gasteiger partial charge in [-0.1, -0.05) is 45.0 Å². The normalized spacial score (nSPS) is 16.3. The van der Waals surface area contributed by atoms with Gasteiger partial charge in [-0.15, -0.1) is 0 Å². The van der Waals surface area contributed by atoms with Crippen LogP contribution in [0.1, 0.15) is 57.1 Å². The molecule has 1 aliphatic rings. The van der Waals surface area contributed by atoms with Gasteiger partial charge in [0.1, 0.15) is 5.75 Å². The molecule has 0 spiro atoms. The van der Waals surface area contributed by atoms with Gasteiger partial charge in [-0.2, -0.15) is 0 Å². The summed E-state index contributed by atoms with van der Waals surface area (Å²) in [6.45, 7) is 7.98. The SMILES string of the molecule is CCC(=O)N1CCCC(C(=O)N(Cc2ccc(C(C)C)cc2)c2ccc(OC)cc2)C1. The Balaban J connectivity index is 1.85. The smallest absolute Gasteiger partial charge is 0.232 e. The highest BCUT2D eigenvalue weighted by atomic mass is 16.5. The molecule has 1 heterocycles. The van der Waals surface area contributed by atoms with Crippen LogP contribution in [0.5, 0.6) is 5.75 Å². The van der Waals surface area contributed by atoms with Crippen molar-refractivity contribution in [1.29, 1.82) is 0 Å². The Morgan fingerprint density at radius 1 is 1.10 bits per heavy atom. The van der Waals surface area contributed by atoms with Crippen LogP contribution in [0.4, 0.5) is 5.69 Å². The summed E-state index contributed by atoms with van der Waals surface area (Å²) in [6.07, 6.45) is 2.15. The second kappa shape index (κ2) is 10.5. The molecule has 3 rings (SSSR count). The Morgan fingerprint density at radius 2 is 1.77 bits per heavy atom. The molecule has 1 unspecified atom stereocenters. The number of carbonyl (C=O) groups is 2. The lowest BCUT2D eigenvalue weighted by atomic mass is 9.95. The van der Waals surface area contributed by atoms with Crippen molar-refractivity contribution in [3.8, 4) is 5.75 Å². The molecule has 31 heavy (non-hydrogen) atoms. The van der Waals surface area contributed by atoms with Gasteiger partial charge in [0.15, 0.2) is 0 Å². The lowest BCUT2D eigenvalue weighted by Crippen LogP contribution is -2.46. The molecule has 0 radical (unpaired) electrons. The van der Waals surface area contributed by atoms with Crippen molar-refractivity contribution in [1.82, 2.24) is 4.90 Å². The third-order valence-corrected chi connectivity index (χ3v) is 6.06. The summed E-state index contributed by atoms with van der Waals surface area (Å²) in [5.41, 5.74) is 3.22. The van der Waals surface area contributed by atoms with E-state index in [0.717, 1.165) is 36.4 Å². The van der Waals surface area contributed by atoms with E-state index in [0.29, 0.717) is 25.4 Å². The standard InChI is InChI=1S/C26H34N2O3/c1-5-25(29)27-16-6-7-22(18-27)26(30)28(23-12-14-24(31-4)15-13-23)17-20-8-10-21(11-9-20)19(2)3/h8-15,19,22H,5-7,16-18H2,1-4H3. The van der Waals surface area contributed by atoms with Gasteiger partial charge in [0.25, 0.3) is 0 Å². The van der Waals surface area contributed by atoms with Crippen molar-refractivity contribution in [2.75, 3.05) is 25.1 Å². The zero-order valence-corrected chi connectivity index (χ0v) is 19.1. The van der Waals surface area contributed by atoms with Crippen LogP contribution in [0, 0.1) is 5.92 Å². The summed E-state index contributed by atoms with van der Waals surface area (Å²) in [6, 6.07) is 16.1. The van der Waals surface area contributed by atoms with E-state index in [-0.39, 0.29) is 17.7 Å². The minimum absolute atomic E-state index is 0.0757. The first kappa shape index (κ1) is 22.9. The molecule has 1 saturated heterocycles. The maximum Gasteiger partial charge on any atom is 0.232 e. The number of methoxy groups -OCH3 is 1. The van der Waals surface area contributed by atoms with Crippen molar-refractivity contribution in [2.24, 2.45) is 5.92 Å². The van der Waals surface area contributed by atoms with E-state index in [1.807, 2.05) is 41.0 Å². The highest BCUT2D eigenvalue weighted by Crippen LogP contribution is 2.27. The van der Waals surface area contributed by atoms with Crippen LogP contribution < -0.4 is 9.64 Å². The summed E-state index contributed by atoms with van der Waals surface area (Å²) in [4.78, 5) is 29.6. The number of hydrogen-bond acceptors (Lipinski definition) is 3. The molecular weight excluding hydrogens is 388 g/mol. The average Bonchev–Trinajstić information content (AvgIpc) is 2.82. The van der Waals surface area contributed by atoms with Gasteiger partial charge >= 0.3 is 0 Å². The van der Waals surface area contributed by atoms with E-state index in [1.54, 1.807) is 7.11 Å². The van der Waals surface area contributed by atoms with E-state index >= 15 is 0 Å².